The number of nitrogens with zero attached hydrogens (tertiary/aromatic N) is 4. The van der Waals surface area contributed by atoms with Crippen LogP contribution >= 0.6 is 11.6 Å². The van der Waals surface area contributed by atoms with Gasteiger partial charge in [-0.25, -0.2) is 9.97 Å². The first-order valence-corrected chi connectivity index (χ1v) is 7.74. The molecule has 1 fully saturated rings. The number of anilines is 2. The highest BCUT2D eigenvalue weighted by atomic mass is 35.5. The van der Waals surface area contributed by atoms with E-state index in [0.717, 1.165) is 19.4 Å². The number of hydrogen-bond acceptors (Lipinski definition) is 6. The van der Waals surface area contributed by atoms with Gasteiger partial charge in [0, 0.05) is 42.6 Å². The third-order valence-corrected chi connectivity index (χ3v) is 4.01. The van der Waals surface area contributed by atoms with Gasteiger partial charge in [-0.05, 0) is 31.0 Å². The number of hydrogen-bond donors (Lipinski definition) is 1. The monoisotopic (exact) mass is 333 g/mol. The Morgan fingerprint density at radius 2 is 2.13 bits per heavy atom. The van der Waals surface area contributed by atoms with E-state index in [-0.39, 0.29) is 11.7 Å². The maximum Gasteiger partial charge on any atom is 0.293 e. The van der Waals surface area contributed by atoms with E-state index in [0.29, 0.717) is 23.2 Å². The summed E-state index contributed by atoms with van der Waals surface area (Å²) in [7, 11) is 0. The van der Waals surface area contributed by atoms with Crippen molar-refractivity contribution in [3.63, 3.8) is 0 Å². The van der Waals surface area contributed by atoms with Gasteiger partial charge in [0.25, 0.3) is 5.69 Å². The highest BCUT2D eigenvalue weighted by molar-refractivity contribution is 6.30. The lowest BCUT2D eigenvalue weighted by Gasteiger charge is -2.33. The highest BCUT2D eigenvalue weighted by Crippen LogP contribution is 2.29. The third-order valence-electron chi connectivity index (χ3n) is 3.77. The zero-order chi connectivity index (χ0) is 16.2. The second kappa shape index (κ2) is 6.78. The van der Waals surface area contributed by atoms with Crippen molar-refractivity contribution in [2.75, 3.05) is 23.3 Å². The molecule has 0 saturated carbocycles. The fourth-order valence-electron chi connectivity index (χ4n) is 2.73. The van der Waals surface area contributed by atoms with Gasteiger partial charge < -0.3 is 10.2 Å². The first kappa shape index (κ1) is 15.5. The van der Waals surface area contributed by atoms with E-state index in [1.807, 2.05) is 0 Å². The Hall–Kier alpha value is -2.41. The Bertz CT molecular complexity index is 698. The lowest BCUT2D eigenvalue weighted by molar-refractivity contribution is -0.384. The summed E-state index contributed by atoms with van der Waals surface area (Å²) in [6.45, 7) is 1.58. The fraction of sp³-hybridized carbons (Fsp3) is 0.333. The van der Waals surface area contributed by atoms with Gasteiger partial charge in [-0.1, -0.05) is 11.6 Å². The summed E-state index contributed by atoms with van der Waals surface area (Å²) in [4.78, 5) is 21.4. The summed E-state index contributed by atoms with van der Waals surface area (Å²) in [5.74, 6) is 0.685. The van der Waals surface area contributed by atoms with E-state index in [1.54, 1.807) is 30.6 Å². The second-order valence-corrected chi connectivity index (χ2v) is 5.83. The van der Waals surface area contributed by atoms with Gasteiger partial charge in [0.2, 0.25) is 5.95 Å². The summed E-state index contributed by atoms with van der Waals surface area (Å²) in [5.41, 5.74) is 0.478. The topological polar surface area (TPSA) is 84.2 Å². The smallest absolute Gasteiger partial charge is 0.293 e. The number of rotatable bonds is 4. The minimum Gasteiger partial charge on any atom is -0.375 e. The number of aromatic nitrogens is 2. The number of benzene rings is 1. The van der Waals surface area contributed by atoms with Crippen LogP contribution in [0.2, 0.25) is 5.02 Å². The Morgan fingerprint density at radius 3 is 2.87 bits per heavy atom. The van der Waals surface area contributed by atoms with Crippen molar-refractivity contribution in [3.05, 3.63) is 51.8 Å². The van der Waals surface area contributed by atoms with Crippen LogP contribution in [-0.4, -0.2) is 34.0 Å². The molecule has 1 aromatic carbocycles. The number of nitro groups is 1. The van der Waals surface area contributed by atoms with Crippen molar-refractivity contribution in [2.24, 2.45) is 0 Å². The van der Waals surface area contributed by atoms with Crippen molar-refractivity contribution in [3.8, 4) is 0 Å². The van der Waals surface area contributed by atoms with Crippen LogP contribution in [-0.2, 0) is 0 Å². The molecular formula is C15H16ClN5O2. The van der Waals surface area contributed by atoms with Gasteiger partial charge in [-0.15, -0.1) is 0 Å². The van der Waals surface area contributed by atoms with Crippen molar-refractivity contribution < 1.29 is 4.92 Å². The SMILES string of the molecule is O=[N+]([O-])c1cc(Cl)ccc1N[C@H]1CCCN(c2ncccn2)C1. The van der Waals surface area contributed by atoms with Gasteiger partial charge in [0.1, 0.15) is 5.69 Å². The van der Waals surface area contributed by atoms with E-state index in [4.69, 9.17) is 11.6 Å². The number of nitrogens with one attached hydrogen (secondary N) is 1. The Labute approximate surface area is 138 Å². The molecular weight excluding hydrogens is 318 g/mol. The quantitative estimate of drug-likeness (QED) is 0.683. The van der Waals surface area contributed by atoms with E-state index < -0.39 is 4.92 Å². The lowest BCUT2D eigenvalue weighted by Crippen LogP contribution is -2.43. The molecule has 7 nitrogen and oxygen atoms in total. The molecule has 0 amide bonds. The molecule has 2 aromatic rings. The molecule has 1 aliphatic heterocycles. The summed E-state index contributed by atoms with van der Waals surface area (Å²) in [6.07, 6.45) is 5.33. The maximum atomic E-state index is 11.2. The van der Waals surface area contributed by atoms with Crippen LogP contribution < -0.4 is 10.2 Å². The van der Waals surface area contributed by atoms with Gasteiger partial charge in [0.05, 0.1) is 4.92 Å². The molecule has 0 radical (unpaired) electrons. The summed E-state index contributed by atoms with van der Waals surface area (Å²) < 4.78 is 0. The van der Waals surface area contributed by atoms with E-state index in [9.17, 15) is 10.1 Å². The molecule has 1 aliphatic rings. The van der Waals surface area contributed by atoms with E-state index >= 15 is 0 Å². The van der Waals surface area contributed by atoms with Gasteiger partial charge in [-0.3, -0.25) is 10.1 Å². The highest BCUT2D eigenvalue weighted by Gasteiger charge is 2.24. The first-order valence-electron chi connectivity index (χ1n) is 7.36. The zero-order valence-electron chi connectivity index (χ0n) is 12.4. The molecule has 0 bridgehead atoms. The predicted octanol–water partition coefficient (Wildman–Crippen LogP) is 3.12. The Balaban J connectivity index is 1.74. The lowest BCUT2D eigenvalue weighted by atomic mass is 10.1. The summed E-state index contributed by atoms with van der Waals surface area (Å²) in [6, 6.07) is 6.54. The van der Waals surface area contributed by atoms with Gasteiger partial charge in [-0.2, -0.15) is 0 Å². The molecule has 0 spiro atoms. The minimum atomic E-state index is -0.422. The molecule has 8 heteroatoms. The molecule has 120 valence electrons. The van der Waals surface area contributed by atoms with Crippen LogP contribution in [0.15, 0.2) is 36.7 Å². The van der Waals surface area contributed by atoms with E-state index in [2.05, 4.69) is 20.2 Å². The predicted molar refractivity (Wildman–Crippen MR) is 89.0 cm³/mol. The van der Waals surface area contributed by atoms with Crippen molar-refractivity contribution in [1.82, 2.24) is 9.97 Å². The maximum absolute atomic E-state index is 11.2. The molecule has 0 aliphatic carbocycles. The van der Waals surface area contributed by atoms with Crippen LogP contribution in [0.4, 0.5) is 17.3 Å². The second-order valence-electron chi connectivity index (χ2n) is 5.40. The largest absolute Gasteiger partial charge is 0.375 e. The van der Waals surface area contributed by atoms with Gasteiger partial charge >= 0.3 is 0 Å². The zero-order valence-corrected chi connectivity index (χ0v) is 13.1. The summed E-state index contributed by atoms with van der Waals surface area (Å²) >= 11 is 5.85. The number of piperidine rings is 1. The van der Waals surface area contributed by atoms with Crippen LogP contribution in [0.25, 0.3) is 0 Å². The molecule has 0 unspecified atom stereocenters. The molecule has 3 rings (SSSR count). The Kier molecular flexibility index (Phi) is 4.57. The van der Waals surface area contributed by atoms with Crippen LogP contribution in [0.1, 0.15) is 12.8 Å². The van der Waals surface area contributed by atoms with Gasteiger partial charge in [0.15, 0.2) is 0 Å². The normalized spacial score (nSPS) is 17.8. The van der Waals surface area contributed by atoms with Crippen LogP contribution in [0.5, 0.6) is 0 Å². The van der Waals surface area contributed by atoms with Crippen LogP contribution in [0.3, 0.4) is 0 Å². The van der Waals surface area contributed by atoms with E-state index in [1.165, 1.54) is 6.07 Å². The van der Waals surface area contributed by atoms with Crippen molar-refractivity contribution in [1.29, 1.82) is 0 Å². The number of nitro benzene ring substituents is 1. The molecule has 23 heavy (non-hydrogen) atoms. The van der Waals surface area contributed by atoms with Crippen LogP contribution in [0, 0.1) is 10.1 Å². The molecule has 1 N–H and O–H groups in total. The average Bonchev–Trinajstić information content (AvgIpc) is 2.57. The molecule has 1 atom stereocenters. The average molecular weight is 334 g/mol. The van der Waals surface area contributed by atoms with Crippen molar-refractivity contribution in [2.45, 2.75) is 18.9 Å². The summed E-state index contributed by atoms with van der Waals surface area (Å²) in [5, 5.41) is 14.8. The number of halogens is 1. The third kappa shape index (κ3) is 3.68. The Morgan fingerprint density at radius 1 is 1.35 bits per heavy atom. The molecule has 1 aromatic heterocycles. The first-order chi connectivity index (χ1) is 11.1. The molecule has 2 heterocycles. The minimum absolute atomic E-state index is 0.00872. The standard InChI is InChI=1S/C15H16ClN5O2/c16-11-4-5-13(14(9-11)21(22)23)19-12-3-1-8-20(10-12)15-17-6-2-7-18-15/h2,4-7,9,12,19H,1,3,8,10H2/t12-/m0/s1. The van der Waals surface area contributed by atoms with Crippen molar-refractivity contribution >= 4 is 28.9 Å². The fourth-order valence-corrected chi connectivity index (χ4v) is 2.90. The molecule has 1 saturated heterocycles.